The summed E-state index contributed by atoms with van der Waals surface area (Å²) < 4.78 is 24.9. The lowest BCUT2D eigenvalue weighted by molar-refractivity contribution is 0.252. The summed E-state index contributed by atoms with van der Waals surface area (Å²) in [6, 6.07) is 6.89. The number of guanidine groups is 2. The third-order valence-electron chi connectivity index (χ3n) is 4.17. The molecule has 124 valence electrons. The number of benzene rings is 1. The van der Waals surface area contributed by atoms with Crippen LogP contribution in [0.1, 0.15) is 32.1 Å². The third kappa shape index (κ3) is 3.26. The van der Waals surface area contributed by atoms with E-state index in [1.165, 1.54) is 0 Å². The maximum Gasteiger partial charge on any atom is 0.288 e. The van der Waals surface area contributed by atoms with E-state index in [4.69, 9.17) is 11.5 Å². The van der Waals surface area contributed by atoms with Crippen molar-refractivity contribution in [3.63, 3.8) is 0 Å². The average Bonchev–Trinajstić information content (AvgIpc) is 2.48. The van der Waals surface area contributed by atoms with Gasteiger partial charge in [-0.1, -0.05) is 18.2 Å². The second-order valence-corrected chi connectivity index (χ2v) is 6.75. The molecule has 2 aliphatic rings. The Morgan fingerprint density at radius 2 is 1.74 bits per heavy atom. The quantitative estimate of drug-likeness (QED) is 0.829. The molecule has 5 nitrogen and oxygen atoms in total. The Bertz CT molecular complexity index is 623. The zero-order chi connectivity index (χ0) is 16.4. The molecule has 0 bridgehead atoms. The van der Waals surface area contributed by atoms with Crippen molar-refractivity contribution < 1.29 is 8.78 Å². The fourth-order valence-electron chi connectivity index (χ4n) is 3.27. The highest BCUT2D eigenvalue weighted by molar-refractivity contribution is 7.99. The predicted octanol–water partition coefficient (Wildman–Crippen LogP) is 3.11. The zero-order valence-electron chi connectivity index (χ0n) is 12.6. The smallest absolute Gasteiger partial charge is 0.288 e. The molecule has 0 unspecified atom stereocenters. The first-order valence-electron chi connectivity index (χ1n) is 7.55. The molecule has 0 amide bonds. The Kier molecular flexibility index (Phi) is 4.43. The number of hydrogen-bond acceptors (Lipinski definition) is 6. The molecule has 4 N–H and O–H groups in total. The van der Waals surface area contributed by atoms with Gasteiger partial charge in [0.2, 0.25) is 11.9 Å². The summed E-state index contributed by atoms with van der Waals surface area (Å²) >= 11 is 0.521. The summed E-state index contributed by atoms with van der Waals surface area (Å²) in [6.45, 7) is 0. The average molecular weight is 339 g/mol. The SMILES string of the molecule is NC1=NC2(CCCCC2)N(c2ccc(SC(F)F)cc2)C(N)=N1. The van der Waals surface area contributed by atoms with Gasteiger partial charge in [-0.15, -0.1) is 0 Å². The van der Waals surface area contributed by atoms with Crippen LogP contribution in [0, 0.1) is 0 Å². The second-order valence-electron chi connectivity index (χ2n) is 5.69. The minimum Gasteiger partial charge on any atom is -0.369 e. The van der Waals surface area contributed by atoms with Crippen LogP contribution in [0.2, 0.25) is 0 Å². The van der Waals surface area contributed by atoms with Gasteiger partial charge in [-0.25, -0.2) is 4.99 Å². The zero-order valence-corrected chi connectivity index (χ0v) is 13.4. The molecular weight excluding hydrogens is 320 g/mol. The molecule has 0 saturated heterocycles. The molecule has 0 atom stereocenters. The summed E-state index contributed by atoms with van der Waals surface area (Å²) in [5.41, 5.74) is 12.2. The lowest BCUT2D eigenvalue weighted by Gasteiger charge is -2.45. The van der Waals surface area contributed by atoms with Crippen molar-refractivity contribution in [3.05, 3.63) is 24.3 Å². The molecule has 1 heterocycles. The van der Waals surface area contributed by atoms with Gasteiger partial charge in [0, 0.05) is 10.6 Å². The van der Waals surface area contributed by atoms with Crippen molar-refractivity contribution in [3.8, 4) is 0 Å². The Labute approximate surface area is 137 Å². The normalized spacial score (nSPS) is 20.6. The van der Waals surface area contributed by atoms with Crippen LogP contribution in [0.15, 0.2) is 39.1 Å². The first-order chi connectivity index (χ1) is 11.0. The molecular formula is C15H19F2N5S. The molecule has 23 heavy (non-hydrogen) atoms. The van der Waals surface area contributed by atoms with E-state index >= 15 is 0 Å². The predicted molar refractivity (Wildman–Crippen MR) is 89.8 cm³/mol. The van der Waals surface area contributed by atoms with E-state index in [0.29, 0.717) is 22.6 Å². The van der Waals surface area contributed by atoms with Crippen molar-refractivity contribution in [2.45, 2.75) is 48.4 Å². The van der Waals surface area contributed by atoms with Crippen LogP contribution in [0.5, 0.6) is 0 Å². The van der Waals surface area contributed by atoms with Crippen LogP contribution in [-0.4, -0.2) is 23.3 Å². The highest BCUT2D eigenvalue weighted by Crippen LogP contribution is 2.40. The second kappa shape index (κ2) is 6.35. The van der Waals surface area contributed by atoms with E-state index < -0.39 is 11.4 Å². The number of hydrogen-bond donors (Lipinski definition) is 2. The molecule has 1 aromatic rings. The van der Waals surface area contributed by atoms with Crippen LogP contribution in [0.3, 0.4) is 0 Å². The topological polar surface area (TPSA) is 80.0 Å². The molecule has 0 aromatic heterocycles. The molecule has 3 rings (SSSR count). The summed E-state index contributed by atoms with van der Waals surface area (Å²) in [4.78, 5) is 11.1. The number of halogens is 2. The molecule has 1 aliphatic carbocycles. The largest absolute Gasteiger partial charge is 0.369 e. The van der Waals surface area contributed by atoms with Crippen LogP contribution >= 0.6 is 11.8 Å². The van der Waals surface area contributed by atoms with Gasteiger partial charge in [-0.2, -0.15) is 13.8 Å². The maximum atomic E-state index is 12.4. The van der Waals surface area contributed by atoms with E-state index in [-0.39, 0.29) is 5.96 Å². The molecule has 1 saturated carbocycles. The van der Waals surface area contributed by atoms with Crippen molar-refractivity contribution in [1.82, 2.24) is 0 Å². The monoisotopic (exact) mass is 339 g/mol. The van der Waals surface area contributed by atoms with E-state index in [0.717, 1.165) is 37.8 Å². The van der Waals surface area contributed by atoms with Gasteiger partial charge in [0.15, 0.2) is 0 Å². The van der Waals surface area contributed by atoms with Gasteiger partial charge in [0.1, 0.15) is 5.66 Å². The number of rotatable bonds is 3. The van der Waals surface area contributed by atoms with E-state index in [2.05, 4.69) is 9.98 Å². The van der Waals surface area contributed by atoms with Gasteiger partial charge in [0.05, 0.1) is 0 Å². The lowest BCUT2D eigenvalue weighted by atomic mass is 9.87. The Morgan fingerprint density at radius 1 is 1.09 bits per heavy atom. The molecule has 1 aliphatic heterocycles. The van der Waals surface area contributed by atoms with Crippen molar-refractivity contribution in [1.29, 1.82) is 0 Å². The lowest BCUT2D eigenvalue weighted by Crippen LogP contribution is -2.58. The number of nitrogens with zero attached hydrogens (tertiary/aromatic N) is 3. The standard InChI is InChI=1S/C15H19F2N5S/c16-12(17)23-11-6-4-10(5-7-11)22-14(19)20-13(18)21-15(22)8-2-1-3-9-15/h4-7,12H,1-3,8-9H2,(H4,18,19,20,21). The summed E-state index contributed by atoms with van der Waals surface area (Å²) in [7, 11) is 0. The van der Waals surface area contributed by atoms with Crippen molar-refractivity contribution >= 4 is 29.4 Å². The maximum absolute atomic E-state index is 12.4. The first kappa shape index (κ1) is 16.0. The van der Waals surface area contributed by atoms with E-state index in [9.17, 15) is 8.78 Å². The molecule has 1 spiro atoms. The minimum absolute atomic E-state index is 0.200. The number of aliphatic imine (C=N–C) groups is 2. The number of nitrogens with two attached hydrogens (primary N) is 2. The summed E-state index contributed by atoms with van der Waals surface area (Å²) in [5, 5.41) is 0. The highest BCUT2D eigenvalue weighted by atomic mass is 32.2. The van der Waals surface area contributed by atoms with Gasteiger partial charge in [-0.05, 0) is 49.9 Å². The van der Waals surface area contributed by atoms with Gasteiger partial charge in [-0.3, -0.25) is 4.90 Å². The number of anilines is 1. The van der Waals surface area contributed by atoms with Crippen molar-refractivity contribution in [2.24, 2.45) is 21.5 Å². The van der Waals surface area contributed by atoms with Crippen molar-refractivity contribution in [2.75, 3.05) is 4.90 Å². The number of thioether (sulfide) groups is 1. The van der Waals surface area contributed by atoms with Crippen LogP contribution < -0.4 is 16.4 Å². The van der Waals surface area contributed by atoms with Crippen LogP contribution in [0.4, 0.5) is 14.5 Å². The van der Waals surface area contributed by atoms with E-state index in [1.54, 1.807) is 24.3 Å². The van der Waals surface area contributed by atoms with Gasteiger partial charge < -0.3 is 11.5 Å². The Balaban J connectivity index is 1.93. The van der Waals surface area contributed by atoms with E-state index in [1.807, 2.05) is 4.90 Å². The molecule has 0 radical (unpaired) electrons. The Morgan fingerprint density at radius 3 is 2.35 bits per heavy atom. The van der Waals surface area contributed by atoms with Crippen LogP contribution in [-0.2, 0) is 0 Å². The Hall–Kier alpha value is -1.83. The summed E-state index contributed by atoms with van der Waals surface area (Å²) in [6.07, 6.45) is 4.93. The molecule has 8 heteroatoms. The minimum atomic E-state index is -2.43. The molecule has 1 fully saturated rings. The fourth-order valence-corrected chi connectivity index (χ4v) is 3.77. The fraction of sp³-hybridized carbons (Fsp3) is 0.467. The molecule has 1 aromatic carbocycles. The highest BCUT2D eigenvalue weighted by Gasteiger charge is 2.42. The van der Waals surface area contributed by atoms with Gasteiger partial charge in [0.25, 0.3) is 5.76 Å². The summed E-state index contributed by atoms with van der Waals surface area (Å²) in [5.74, 6) is -1.93. The first-order valence-corrected chi connectivity index (χ1v) is 8.43. The third-order valence-corrected chi connectivity index (χ3v) is 4.89. The van der Waals surface area contributed by atoms with Gasteiger partial charge >= 0.3 is 0 Å². The van der Waals surface area contributed by atoms with Crippen LogP contribution in [0.25, 0.3) is 0 Å². The number of alkyl halides is 2.